The Balaban J connectivity index is 2.20. The van der Waals surface area contributed by atoms with Crippen molar-refractivity contribution in [3.05, 3.63) is 102 Å². The van der Waals surface area contributed by atoms with Gasteiger partial charge in [-0.2, -0.15) is 0 Å². The number of allylic oxidation sites excluding steroid dienone is 5. The van der Waals surface area contributed by atoms with E-state index in [-0.39, 0.29) is 5.41 Å². The molecule has 0 N–H and O–H groups in total. The van der Waals surface area contributed by atoms with Crippen molar-refractivity contribution in [1.29, 1.82) is 0 Å². The van der Waals surface area contributed by atoms with Crippen LogP contribution in [0.4, 0.5) is 0 Å². The molecule has 0 heterocycles. The van der Waals surface area contributed by atoms with Crippen molar-refractivity contribution in [3.63, 3.8) is 0 Å². The Bertz CT molecular complexity index is 818. The van der Waals surface area contributed by atoms with Gasteiger partial charge in [0.05, 0.1) is 0 Å². The standard InChI is InChI=1S/C24H24/c1-4-20-13-8-9-16-22(20)18-23(21-14-6-5-7-15-21)24(3)17-11-10-12-19(24)2/h4-16,18H,1,17H2,2-3H3. The molecule has 0 aliphatic heterocycles. The molecular formula is C24H24. The molecule has 24 heavy (non-hydrogen) atoms. The van der Waals surface area contributed by atoms with Crippen LogP contribution in [-0.2, 0) is 0 Å². The Labute approximate surface area is 145 Å². The minimum Gasteiger partial charge on any atom is -0.0984 e. The van der Waals surface area contributed by atoms with Gasteiger partial charge < -0.3 is 0 Å². The van der Waals surface area contributed by atoms with Crippen molar-refractivity contribution in [1.82, 2.24) is 0 Å². The second kappa shape index (κ2) is 6.88. The molecule has 1 aliphatic carbocycles. The molecule has 3 rings (SSSR count). The summed E-state index contributed by atoms with van der Waals surface area (Å²) in [5, 5.41) is 0. The first-order valence-electron chi connectivity index (χ1n) is 8.48. The molecule has 1 aliphatic rings. The summed E-state index contributed by atoms with van der Waals surface area (Å²) in [6.07, 6.45) is 12.0. The van der Waals surface area contributed by atoms with Crippen molar-refractivity contribution >= 4 is 17.7 Å². The molecule has 0 saturated heterocycles. The van der Waals surface area contributed by atoms with Crippen LogP contribution in [0.15, 0.2) is 85.0 Å². The van der Waals surface area contributed by atoms with Gasteiger partial charge >= 0.3 is 0 Å². The van der Waals surface area contributed by atoms with E-state index in [1.54, 1.807) is 0 Å². The topological polar surface area (TPSA) is 0 Å². The molecule has 0 fully saturated rings. The van der Waals surface area contributed by atoms with Gasteiger partial charge in [-0.1, -0.05) is 98.0 Å². The van der Waals surface area contributed by atoms with Gasteiger partial charge in [0, 0.05) is 5.41 Å². The lowest BCUT2D eigenvalue weighted by molar-refractivity contribution is 0.539. The third-order valence-electron chi connectivity index (χ3n) is 5.07. The van der Waals surface area contributed by atoms with Crippen LogP contribution < -0.4 is 0 Å². The molecule has 0 spiro atoms. The SMILES string of the molecule is C=Cc1ccccc1C=C(c1ccccc1)C1(C)CC=CC=C1C. The molecule has 0 heteroatoms. The van der Waals surface area contributed by atoms with E-state index >= 15 is 0 Å². The Morgan fingerprint density at radius 3 is 2.33 bits per heavy atom. The number of benzene rings is 2. The van der Waals surface area contributed by atoms with Crippen LogP contribution in [0, 0.1) is 5.41 Å². The number of rotatable bonds is 4. The summed E-state index contributed by atoms with van der Waals surface area (Å²) in [5.74, 6) is 0. The van der Waals surface area contributed by atoms with Gasteiger partial charge in [-0.15, -0.1) is 0 Å². The van der Waals surface area contributed by atoms with Crippen molar-refractivity contribution in [3.8, 4) is 0 Å². The van der Waals surface area contributed by atoms with Gasteiger partial charge in [-0.25, -0.2) is 0 Å². The monoisotopic (exact) mass is 312 g/mol. The van der Waals surface area contributed by atoms with Crippen molar-refractivity contribution in [2.45, 2.75) is 20.3 Å². The van der Waals surface area contributed by atoms with Gasteiger partial charge in [0.25, 0.3) is 0 Å². The summed E-state index contributed by atoms with van der Waals surface area (Å²) in [6.45, 7) is 8.55. The zero-order valence-electron chi connectivity index (χ0n) is 14.5. The van der Waals surface area contributed by atoms with Crippen LogP contribution in [0.2, 0.25) is 0 Å². The molecule has 0 radical (unpaired) electrons. The minimum atomic E-state index is 0.00435. The largest absolute Gasteiger partial charge is 0.0984 e. The van der Waals surface area contributed by atoms with Crippen molar-refractivity contribution in [2.75, 3.05) is 0 Å². The Morgan fingerprint density at radius 1 is 1.00 bits per heavy atom. The van der Waals surface area contributed by atoms with Crippen LogP contribution in [0.3, 0.4) is 0 Å². The van der Waals surface area contributed by atoms with Crippen molar-refractivity contribution in [2.24, 2.45) is 5.41 Å². The summed E-state index contributed by atoms with van der Waals surface area (Å²) >= 11 is 0. The lowest BCUT2D eigenvalue weighted by atomic mass is 9.68. The maximum atomic E-state index is 3.96. The quantitative estimate of drug-likeness (QED) is 0.546. The molecular weight excluding hydrogens is 288 g/mol. The predicted octanol–water partition coefficient (Wildman–Crippen LogP) is 6.78. The Hall–Kier alpha value is -2.60. The smallest absolute Gasteiger partial charge is 0.0174 e. The van der Waals surface area contributed by atoms with E-state index in [1.807, 2.05) is 6.08 Å². The number of hydrogen-bond donors (Lipinski definition) is 0. The van der Waals surface area contributed by atoms with Gasteiger partial charge in [0.15, 0.2) is 0 Å². The lowest BCUT2D eigenvalue weighted by Gasteiger charge is -2.35. The fraction of sp³-hybridized carbons (Fsp3) is 0.167. The van der Waals surface area contributed by atoms with Crippen LogP contribution >= 0.6 is 0 Å². The average molecular weight is 312 g/mol. The number of hydrogen-bond acceptors (Lipinski definition) is 0. The lowest BCUT2D eigenvalue weighted by Crippen LogP contribution is -2.21. The first kappa shape index (κ1) is 16.3. The van der Waals surface area contributed by atoms with Gasteiger partial charge in [0.1, 0.15) is 0 Å². The van der Waals surface area contributed by atoms with Crippen LogP contribution in [0.25, 0.3) is 17.7 Å². The maximum absolute atomic E-state index is 3.96. The van der Waals surface area contributed by atoms with Gasteiger partial charge in [-0.05, 0) is 41.7 Å². The average Bonchev–Trinajstić information content (AvgIpc) is 2.63. The predicted molar refractivity (Wildman–Crippen MR) is 106 cm³/mol. The van der Waals surface area contributed by atoms with Gasteiger partial charge in [-0.3, -0.25) is 0 Å². The summed E-state index contributed by atoms with van der Waals surface area (Å²) in [6, 6.07) is 19.2. The highest BCUT2D eigenvalue weighted by Gasteiger charge is 2.31. The molecule has 0 nitrogen and oxygen atoms in total. The van der Waals surface area contributed by atoms with Crippen molar-refractivity contribution < 1.29 is 0 Å². The zero-order chi connectivity index (χ0) is 17.0. The first-order valence-corrected chi connectivity index (χ1v) is 8.48. The summed E-state index contributed by atoms with van der Waals surface area (Å²) in [5.41, 5.74) is 6.43. The molecule has 0 aromatic heterocycles. The fourth-order valence-electron chi connectivity index (χ4n) is 3.35. The second-order valence-corrected chi connectivity index (χ2v) is 6.57. The van der Waals surface area contributed by atoms with Gasteiger partial charge in [0.2, 0.25) is 0 Å². The maximum Gasteiger partial charge on any atom is 0.0174 e. The van der Waals surface area contributed by atoms with E-state index in [2.05, 4.69) is 99.3 Å². The molecule has 1 atom stereocenters. The minimum absolute atomic E-state index is 0.00435. The highest BCUT2D eigenvalue weighted by atomic mass is 14.3. The normalized spacial score (nSPS) is 20.6. The third kappa shape index (κ3) is 3.05. The van der Waals surface area contributed by atoms with E-state index < -0.39 is 0 Å². The molecule has 2 aromatic rings. The van der Waals surface area contributed by atoms with E-state index in [4.69, 9.17) is 0 Å². The van der Waals surface area contributed by atoms with E-state index in [9.17, 15) is 0 Å². The molecule has 0 saturated carbocycles. The summed E-state index contributed by atoms with van der Waals surface area (Å²) in [7, 11) is 0. The molecule has 120 valence electrons. The van der Waals surface area contributed by atoms with Crippen LogP contribution in [-0.4, -0.2) is 0 Å². The Morgan fingerprint density at radius 2 is 1.67 bits per heavy atom. The molecule has 2 aromatic carbocycles. The van der Waals surface area contributed by atoms with E-state index in [0.29, 0.717) is 0 Å². The fourth-order valence-corrected chi connectivity index (χ4v) is 3.35. The Kier molecular flexibility index (Phi) is 4.66. The zero-order valence-corrected chi connectivity index (χ0v) is 14.5. The van der Waals surface area contributed by atoms with Crippen LogP contribution in [0.5, 0.6) is 0 Å². The van der Waals surface area contributed by atoms with E-state index in [0.717, 1.165) is 6.42 Å². The summed E-state index contributed by atoms with van der Waals surface area (Å²) < 4.78 is 0. The molecule has 0 amide bonds. The molecule has 0 bridgehead atoms. The second-order valence-electron chi connectivity index (χ2n) is 6.57. The first-order chi connectivity index (χ1) is 11.6. The van der Waals surface area contributed by atoms with E-state index in [1.165, 1.54) is 27.8 Å². The van der Waals surface area contributed by atoms with Crippen LogP contribution in [0.1, 0.15) is 37.0 Å². The summed E-state index contributed by atoms with van der Waals surface area (Å²) in [4.78, 5) is 0. The highest BCUT2D eigenvalue weighted by Crippen LogP contribution is 2.47. The third-order valence-corrected chi connectivity index (χ3v) is 5.07. The highest BCUT2D eigenvalue weighted by molar-refractivity contribution is 5.88. The molecule has 1 unspecified atom stereocenters.